The Morgan fingerprint density at radius 1 is 1.33 bits per heavy atom. The average molecular weight is 329 g/mol. The van der Waals surface area contributed by atoms with Gasteiger partial charge in [-0.2, -0.15) is 0 Å². The number of rotatable bonds is 6. The molecule has 1 aliphatic rings. The topological polar surface area (TPSA) is 55.1 Å². The Hall–Kier alpha value is -0.770. The molecule has 3 N–H and O–H groups in total. The molecule has 0 bridgehead atoms. The van der Waals surface area contributed by atoms with Gasteiger partial charge in [-0.3, -0.25) is 4.79 Å². The van der Waals surface area contributed by atoms with Crippen LogP contribution in [-0.4, -0.2) is 24.2 Å². The number of hydrogen-bond acceptors (Lipinski definition) is 2. The lowest BCUT2D eigenvalue weighted by Gasteiger charge is -2.30. The minimum absolute atomic E-state index is 0.116. The van der Waals surface area contributed by atoms with E-state index in [2.05, 4.69) is 30.4 Å². The van der Waals surface area contributed by atoms with Crippen molar-refractivity contribution in [3.05, 3.63) is 34.9 Å². The van der Waals surface area contributed by atoms with Gasteiger partial charge in [-0.05, 0) is 36.5 Å². The van der Waals surface area contributed by atoms with Crippen LogP contribution in [0.4, 0.5) is 0 Å². The van der Waals surface area contributed by atoms with Gasteiger partial charge in [0.05, 0.1) is 0 Å². The summed E-state index contributed by atoms with van der Waals surface area (Å²) >= 11 is 11.8. The number of halogens is 2. The van der Waals surface area contributed by atoms with Gasteiger partial charge in [0.15, 0.2) is 0 Å². The highest BCUT2D eigenvalue weighted by atomic mass is 35.5. The fourth-order valence-electron chi connectivity index (χ4n) is 2.97. The van der Waals surface area contributed by atoms with Crippen molar-refractivity contribution in [1.29, 1.82) is 0 Å². The van der Waals surface area contributed by atoms with Crippen LogP contribution in [0.15, 0.2) is 18.2 Å². The Kier molecular flexibility index (Phi) is 5.53. The number of benzene rings is 1. The Morgan fingerprint density at radius 2 is 2.00 bits per heavy atom. The molecule has 0 radical (unpaired) electrons. The van der Waals surface area contributed by atoms with Crippen LogP contribution >= 0.6 is 23.2 Å². The van der Waals surface area contributed by atoms with E-state index in [0.717, 1.165) is 5.56 Å². The molecule has 0 aromatic heterocycles. The first kappa shape index (κ1) is 16.6. The third-order valence-corrected chi connectivity index (χ3v) is 4.73. The van der Waals surface area contributed by atoms with Crippen molar-refractivity contribution < 1.29 is 4.79 Å². The third-order valence-electron chi connectivity index (χ3n) is 4.35. The van der Waals surface area contributed by atoms with E-state index in [9.17, 15) is 4.79 Å². The van der Waals surface area contributed by atoms with E-state index in [1.165, 1.54) is 11.1 Å². The molecule has 1 amide bonds. The summed E-state index contributed by atoms with van der Waals surface area (Å²) in [5.74, 6) is 1.35. The maximum Gasteiger partial charge on any atom is 0.220 e. The van der Waals surface area contributed by atoms with Crippen LogP contribution in [0.1, 0.15) is 41.9 Å². The number of carbonyl (C=O) groups is 1. The lowest BCUT2D eigenvalue weighted by atomic mass is 9.82. The quantitative estimate of drug-likeness (QED) is 0.788. The van der Waals surface area contributed by atoms with Crippen LogP contribution in [0.3, 0.4) is 0 Å². The number of nitrogens with two attached hydrogens (primary N) is 1. The standard InChI is InChI=1S/C16H22Cl2N2O/c1-11-2-3-13(16(19,4-6-17)5-7-18)9-14(11)12-8-15(21)20-10-12/h2-3,9,12H,4-8,10,19H2,1H3,(H,20,21). The Morgan fingerprint density at radius 3 is 2.52 bits per heavy atom. The van der Waals surface area contributed by atoms with E-state index < -0.39 is 5.54 Å². The molecule has 1 saturated heterocycles. The van der Waals surface area contributed by atoms with Crippen molar-refractivity contribution in [3.8, 4) is 0 Å². The third kappa shape index (κ3) is 3.71. The van der Waals surface area contributed by atoms with Gasteiger partial charge < -0.3 is 11.1 Å². The van der Waals surface area contributed by atoms with E-state index in [0.29, 0.717) is 37.6 Å². The summed E-state index contributed by atoms with van der Waals surface area (Å²) in [6, 6.07) is 6.28. The normalized spacial score (nSPS) is 18.9. The fraction of sp³-hybridized carbons (Fsp3) is 0.562. The smallest absolute Gasteiger partial charge is 0.220 e. The average Bonchev–Trinajstić information content (AvgIpc) is 2.86. The second-order valence-corrected chi connectivity index (χ2v) is 6.57. The molecule has 1 aromatic rings. The number of aryl methyl sites for hydroxylation is 1. The van der Waals surface area contributed by atoms with E-state index in [1.54, 1.807) is 0 Å². The molecule has 116 valence electrons. The molecular weight excluding hydrogens is 307 g/mol. The maximum atomic E-state index is 11.5. The number of nitrogens with one attached hydrogen (secondary N) is 1. The Balaban J connectivity index is 2.34. The molecule has 1 heterocycles. The van der Waals surface area contributed by atoms with E-state index in [4.69, 9.17) is 28.9 Å². The monoisotopic (exact) mass is 328 g/mol. The zero-order valence-corrected chi connectivity index (χ0v) is 13.8. The highest BCUT2D eigenvalue weighted by molar-refractivity contribution is 6.18. The van der Waals surface area contributed by atoms with Crippen molar-refractivity contribution in [3.63, 3.8) is 0 Å². The van der Waals surface area contributed by atoms with Crippen molar-refractivity contribution in [2.45, 2.75) is 37.6 Å². The highest BCUT2D eigenvalue weighted by Gasteiger charge is 2.29. The zero-order chi connectivity index (χ0) is 15.5. The fourth-order valence-corrected chi connectivity index (χ4v) is 3.64. The Bertz CT molecular complexity index is 513. The van der Waals surface area contributed by atoms with Crippen LogP contribution in [0.25, 0.3) is 0 Å². The largest absolute Gasteiger partial charge is 0.355 e. The summed E-state index contributed by atoms with van der Waals surface area (Å²) in [4.78, 5) is 11.5. The summed E-state index contributed by atoms with van der Waals surface area (Å²) in [6.07, 6.45) is 1.92. The molecule has 5 heteroatoms. The number of carbonyl (C=O) groups excluding carboxylic acids is 1. The molecule has 2 rings (SSSR count). The number of hydrogen-bond donors (Lipinski definition) is 2. The molecule has 3 nitrogen and oxygen atoms in total. The van der Waals surface area contributed by atoms with E-state index in [1.807, 2.05) is 0 Å². The van der Waals surface area contributed by atoms with Crippen molar-refractivity contribution in [1.82, 2.24) is 5.32 Å². The van der Waals surface area contributed by atoms with Gasteiger partial charge in [-0.25, -0.2) is 0 Å². The SMILES string of the molecule is Cc1ccc(C(N)(CCCl)CCCl)cc1C1CNC(=O)C1. The molecular formula is C16H22Cl2N2O. The number of amides is 1. The zero-order valence-electron chi connectivity index (χ0n) is 12.3. The molecule has 1 unspecified atom stereocenters. The van der Waals surface area contributed by atoms with Gasteiger partial charge in [0.1, 0.15) is 0 Å². The summed E-state index contributed by atoms with van der Waals surface area (Å²) < 4.78 is 0. The van der Waals surface area contributed by atoms with Crippen molar-refractivity contribution in [2.24, 2.45) is 5.73 Å². The predicted octanol–water partition coefficient (Wildman–Crippen LogP) is 3.01. The number of alkyl halides is 2. The minimum Gasteiger partial charge on any atom is -0.355 e. The maximum absolute atomic E-state index is 11.5. The minimum atomic E-state index is -0.498. The lowest BCUT2D eigenvalue weighted by Crippen LogP contribution is -2.38. The molecule has 1 atom stereocenters. The van der Waals surface area contributed by atoms with Crippen LogP contribution in [0, 0.1) is 6.92 Å². The van der Waals surface area contributed by atoms with Gasteiger partial charge in [-0.15, -0.1) is 23.2 Å². The molecule has 0 saturated carbocycles. The molecule has 1 aromatic carbocycles. The molecule has 21 heavy (non-hydrogen) atoms. The first-order chi connectivity index (χ1) is 10.00. The molecule has 0 aliphatic carbocycles. The summed E-state index contributed by atoms with van der Waals surface area (Å²) in [5.41, 5.74) is 9.49. The second kappa shape index (κ2) is 6.99. The van der Waals surface area contributed by atoms with E-state index in [-0.39, 0.29) is 11.8 Å². The second-order valence-electron chi connectivity index (χ2n) is 5.81. The predicted molar refractivity (Wildman–Crippen MR) is 88.1 cm³/mol. The van der Waals surface area contributed by atoms with Gasteiger partial charge in [0.2, 0.25) is 5.91 Å². The summed E-state index contributed by atoms with van der Waals surface area (Å²) in [7, 11) is 0. The van der Waals surface area contributed by atoms with Gasteiger partial charge in [0.25, 0.3) is 0 Å². The summed E-state index contributed by atoms with van der Waals surface area (Å²) in [5, 5.41) is 2.89. The van der Waals surface area contributed by atoms with Gasteiger partial charge in [-0.1, -0.05) is 18.2 Å². The van der Waals surface area contributed by atoms with Gasteiger partial charge in [0, 0.05) is 36.2 Å². The molecule has 1 fully saturated rings. The van der Waals surface area contributed by atoms with Crippen LogP contribution in [0.5, 0.6) is 0 Å². The van der Waals surface area contributed by atoms with Crippen LogP contribution in [-0.2, 0) is 10.3 Å². The summed E-state index contributed by atoms with van der Waals surface area (Å²) in [6.45, 7) is 2.77. The molecule has 0 spiro atoms. The van der Waals surface area contributed by atoms with E-state index >= 15 is 0 Å². The highest BCUT2D eigenvalue weighted by Crippen LogP contribution is 2.33. The van der Waals surface area contributed by atoms with Crippen molar-refractivity contribution >= 4 is 29.1 Å². The Labute approximate surface area is 136 Å². The van der Waals surface area contributed by atoms with Crippen molar-refractivity contribution in [2.75, 3.05) is 18.3 Å². The molecule has 1 aliphatic heterocycles. The first-order valence-corrected chi connectivity index (χ1v) is 8.35. The van der Waals surface area contributed by atoms with Crippen LogP contribution in [0.2, 0.25) is 0 Å². The first-order valence-electron chi connectivity index (χ1n) is 7.28. The van der Waals surface area contributed by atoms with Crippen LogP contribution < -0.4 is 11.1 Å². The van der Waals surface area contributed by atoms with Gasteiger partial charge >= 0.3 is 0 Å². The lowest BCUT2D eigenvalue weighted by molar-refractivity contribution is -0.119.